The van der Waals surface area contributed by atoms with Crippen molar-refractivity contribution in [2.45, 2.75) is 90.3 Å². The van der Waals surface area contributed by atoms with E-state index >= 15 is 0 Å². The number of fused-ring (bicyclic) bond motifs is 4. The van der Waals surface area contributed by atoms with E-state index in [4.69, 9.17) is 9.97 Å². The zero-order chi connectivity index (χ0) is 27.4. The molecule has 2 N–H and O–H groups in total. The Morgan fingerprint density at radius 3 is 2.59 bits per heavy atom. The average Bonchev–Trinajstić information content (AvgIpc) is 3.51. The lowest BCUT2D eigenvalue weighted by molar-refractivity contribution is -0.124. The van der Waals surface area contributed by atoms with E-state index in [0.29, 0.717) is 24.3 Å². The highest BCUT2D eigenvalue weighted by Gasteiger charge is 2.52. The molecule has 0 aromatic carbocycles. The first-order valence-corrected chi connectivity index (χ1v) is 14.7. The maximum atomic E-state index is 12.7. The van der Waals surface area contributed by atoms with Crippen LogP contribution in [0.1, 0.15) is 72.3 Å². The normalized spacial score (nSPS) is 24.0. The van der Waals surface area contributed by atoms with E-state index in [1.54, 1.807) is 0 Å². The summed E-state index contributed by atoms with van der Waals surface area (Å²) in [5.41, 5.74) is 2.65. The van der Waals surface area contributed by atoms with Gasteiger partial charge in [0.2, 0.25) is 11.9 Å². The lowest BCUT2D eigenvalue weighted by Crippen LogP contribution is -2.66. The fourth-order valence-electron chi connectivity index (χ4n) is 6.99. The molecular formula is C30H44N8O. The van der Waals surface area contributed by atoms with Crippen molar-refractivity contribution in [2.24, 2.45) is 5.41 Å². The summed E-state index contributed by atoms with van der Waals surface area (Å²) in [6.45, 7) is 16.5. The summed E-state index contributed by atoms with van der Waals surface area (Å²) in [7, 11) is 0. The summed E-state index contributed by atoms with van der Waals surface area (Å²) in [4.78, 5) is 34.3. The van der Waals surface area contributed by atoms with Gasteiger partial charge in [-0.1, -0.05) is 33.6 Å². The number of carbonyl (C=O) groups is 1. The molecule has 1 saturated carbocycles. The zero-order valence-corrected chi connectivity index (χ0v) is 24.3. The van der Waals surface area contributed by atoms with Gasteiger partial charge in [-0.05, 0) is 57.2 Å². The number of hydrogen-bond acceptors (Lipinski definition) is 8. The Labute approximate surface area is 232 Å². The van der Waals surface area contributed by atoms with E-state index in [0.717, 1.165) is 61.9 Å². The van der Waals surface area contributed by atoms with Gasteiger partial charge in [0.1, 0.15) is 17.7 Å². The molecule has 3 fully saturated rings. The number of aromatic nitrogens is 3. The minimum Gasteiger partial charge on any atom is -0.367 e. The van der Waals surface area contributed by atoms with Gasteiger partial charge in [-0.3, -0.25) is 9.69 Å². The number of piperazine rings is 2. The quantitative estimate of drug-likeness (QED) is 0.594. The molecule has 9 heteroatoms. The summed E-state index contributed by atoms with van der Waals surface area (Å²) in [6, 6.07) is 3.98. The monoisotopic (exact) mass is 532 g/mol. The second kappa shape index (κ2) is 9.61. The van der Waals surface area contributed by atoms with Crippen LogP contribution >= 0.6 is 0 Å². The Balaban J connectivity index is 1.14. The van der Waals surface area contributed by atoms with Gasteiger partial charge in [0.05, 0.1) is 17.4 Å². The number of anilines is 4. The minimum absolute atomic E-state index is 0.0140. The minimum atomic E-state index is -0.174. The van der Waals surface area contributed by atoms with Gasteiger partial charge in [0.15, 0.2) is 0 Å². The maximum Gasteiger partial charge on any atom is 0.243 e. The number of amides is 1. The average molecular weight is 533 g/mol. The van der Waals surface area contributed by atoms with Gasteiger partial charge in [-0.25, -0.2) is 9.97 Å². The van der Waals surface area contributed by atoms with Gasteiger partial charge in [-0.15, -0.1) is 0 Å². The molecule has 6 rings (SSSR count). The first-order chi connectivity index (χ1) is 18.5. The molecule has 1 spiro atoms. The molecule has 210 valence electrons. The van der Waals surface area contributed by atoms with Crippen LogP contribution in [0.5, 0.6) is 0 Å². The summed E-state index contributed by atoms with van der Waals surface area (Å²) in [5.74, 6) is 2.28. The van der Waals surface area contributed by atoms with E-state index in [-0.39, 0.29) is 23.0 Å². The standard InChI is InChI=1S/C30H44N8O/c1-28(2,3)12-13-37-15-14-36(20-29(37,4)5)22-8-9-24(31-18-22)34-27-32-17-21-16-23-26(39)33-19-30(10-6-7-11-30)38(23)25(21)35-27/h8-9,17-18,23H,6-7,10-16,19-20H2,1-5H3,(H,33,39)(H,31,32,34,35). The molecule has 0 radical (unpaired) electrons. The van der Waals surface area contributed by atoms with Crippen LogP contribution in [0.15, 0.2) is 24.5 Å². The van der Waals surface area contributed by atoms with Crippen LogP contribution in [-0.2, 0) is 11.2 Å². The third-order valence-electron chi connectivity index (χ3n) is 9.29. The lowest BCUT2D eigenvalue weighted by atomic mass is 9.90. The van der Waals surface area contributed by atoms with Crippen LogP contribution in [-0.4, -0.2) is 75.6 Å². The molecule has 0 bridgehead atoms. The third kappa shape index (κ3) is 5.06. The topological polar surface area (TPSA) is 89.5 Å². The van der Waals surface area contributed by atoms with Crippen molar-refractivity contribution in [1.29, 1.82) is 0 Å². The van der Waals surface area contributed by atoms with Crippen molar-refractivity contribution in [1.82, 2.24) is 25.2 Å². The molecule has 2 aromatic rings. The molecule has 1 atom stereocenters. The zero-order valence-electron chi connectivity index (χ0n) is 24.3. The van der Waals surface area contributed by atoms with Gasteiger partial charge in [-0.2, -0.15) is 4.98 Å². The number of hydrogen-bond donors (Lipinski definition) is 2. The maximum absolute atomic E-state index is 12.7. The molecule has 1 amide bonds. The van der Waals surface area contributed by atoms with Crippen molar-refractivity contribution in [3.05, 3.63) is 30.1 Å². The van der Waals surface area contributed by atoms with Crippen LogP contribution in [0.4, 0.5) is 23.3 Å². The summed E-state index contributed by atoms with van der Waals surface area (Å²) >= 11 is 0. The Kier molecular flexibility index (Phi) is 6.48. The Morgan fingerprint density at radius 2 is 1.90 bits per heavy atom. The predicted octanol–water partition coefficient (Wildman–Crippen LogP) is 4.13. The number of nitrogens with zero attached hydrogens (tertiary/aromatic N) is 6. The van der Waals surface area contributed by atoms with Crippen LogP contribution < -0.4 is 20.4 Å². The van der Waals surface area contributed by atoms with Crippen molar-refractivity contribution >= 4 is 29.2 Å². The fraction of sp³-hybridized carbons (Fsp3) is 0.667. The van der Waals surface area contributed by atoms with E-state index in [9.17, 15) is 4.79 Å². The predicted molar refractivity (Wildman–Crippen MR) is 156 cm³/mol. The molecule has 1 aliphatic carbocycles. The van der Waals surface area contributed by atoms with Crippen LogP contribution in [0, 0.1) is 5.41 Å². The highest BCUT2D eigenvalue weighted by atomic mass is 16.2. The van der Waals surface area contributed by atoms with E-state index < -0.39 is 0 Å². The molecule has 5 heterocycles. The van der Waals surface area contributed by atoms with Gasteiger partial charge in [0, 0.05) is 49.9 Å². The summed E-state index contributed by atoms with van der Waals surface area (Å²) < 4.78 is 0. The highest BCUT2D eigenvalue weighted by molar-refractivity contribution is 5.90. The van der Waals surface area contributed by atoms with Crippen molar-refractivity contribution in [3.8, 4) is 0 Å². The van der Waals surface area contributed by atoms with Crippen molar-refractivity contribution in [3.63, 3.8) is 0 Å². The van der Waals surface area contributed by atoms with Gasteiger partial charge >= 0.3 is 0 Å². The highest BCUT2D eigenvalue weighted by Crippen LogP contribution is 2.45. The Hall–Kier alpha value is -2.94. The molecule has 2 saturated heterocycles. The van der Waals surface area contributed by atoms with Crippen LogP contribution in [0.3, 0.4) is 0 Å². The van der Waals surface area contributed by atoms with Crippen LogP contribution in [0.25, 0.3) is 0 Å². The Bertz CT molecular complexity index is 1210. The number of rotatable bonds is 5. The van der Waals surface area contributed by atoms with Crippen molar-refractivity contribution < 1.29 is 4.79 Å². The molecule has 39 heavy (non-hydrogen) atoms. The fourth-order valence-corrected chi connectivity index (χ4v) is 6.99. The first kappa shape index (κ1) is 26.3. The van der Waals surface area contributed by atoms with E-state index in [2.05, 4.69) is 71.0 Å². The molecular weight excluding hydrogens is 488 g/mol. The Morgan fingerprint density at radius 1 is 1.10 bits per heavy atom. The van der Waals surface area contributed by atoms with Gasteiger partial charge < -0.3 is 20.4 Å². The lowest BCUT2D eigenvalue weighted by Gasteiger charge is -2.48. The first-order valence-electron chi connectivity index (χ1n) is 14.7. The van der Waals surface area contributed by atoms with Gasteiger partial charge in [0.25, 0.3) is 0 Å². The van der Waals surface area contributed by atoms with E-state index in [1.807, 2.05) is 18.5 Å². The third-order valence-corrected chi connectivity index (χ3v) is 9.29. The van der Waals surface area contributed by atoms with Crippen molar-refractivity contribution in [2.75, 3.05) is 47.8 Å². The second-order valence-electron chi connectivity index (χ2n) is 13.8. The molecule has 1 unspecified atom stereocenters. The molecule has 4 aliphatic rings. The number of pyridine rings is 1. The molecule has 3 aliphatic heterocycles. The van der Waals surface area contributed by atoms with Crippen LogP contribution in [0.2, 0.25) is 0 Å². The smallest absolute Gasteiger partial charge is 0.243 e. The second-order valence-corrected chi connectivity index (χ2v) is 13.8. The summed E-state index contributed by atoms with van der Waals surface area (Å²) in [5, 5.41) is 6.48. The number of nitrogens with one attached hydrogen (secondary N) is 2. The van der Waals surface area contributed by atoms with E-state index in [1.165, 1.54) is 19.3 Å². The summed E-state index contributed by atoms with van der Waals surface area (Å²) in [6.07, 6.45) is 10.3. The number of carbonyl (C=O) groups excluding carboxylic acids is 1. The SMILES string of the molecule is CC(C)(C)CCN1CCN(c2ccc(Nc3ncc4c(n3)N3C(C4)C(=O)NCC34CCCC4)nc2)CC1(C)C. The molecule has 2 aromatic heterocycles. The largest absolute Gasteiger partial charge is 0.367 e. The molecule has 9 nitrogen and oxygen atoms in total.